The molecule has 0 aromatic heterocycles. The third-order valence-corrected chi connectivity index (χ3v) is 3.97. The molecule has 82 valence electrons. The molecule has 0 heterocycles. The zero-order valence-corrected chi connectivity index (χ0v) is 10.3. The van der Waals surface area contributed by atoms with Gasteiger partial charge in [-0.1, -0.05) is 43.0 Å². The summed E-state index contributed by atoms with van der Waals surface area (Å²) >= 11 is 12.4. The number of halogens is 2. The Balaban J connectivity index is 2.20. The Morgan fingerprint density at radius 1 is 1.07 bits per heavy atom. The Labute approximate surface area is 102 Å². The molecule has 15 heavy (non-hydrogen) atoms. The highest BCUT2D eigenvalue weighted by molar-refractivity contribution is 6.30. The number of hydrogen-bond acceptors (Lipinski definition) is 0. The molecule has 1 saturated carbocycles. The predicted molar refractivity (Wildman–Crippen MR) is 66.9 cm³/mol. The van der Waals surface area contributed by atoms with E-state index in [1.54, 1.807) is 0 Å². The molecule has 1 aromatic rings. The minimum atomic E-state index is 0.283. The molecule has 1 aromatic carbocycles. The van der Waals surface area contributed by atoms with Gasteiger partial charge in [-0.15, -0.1) is 11.6 Å². The summed E-state index contributed by atoms with van der Waals surface area (Å²) in [5.41, 5.74) is 1.31. The van der Waals surface area contributed by atoms with Gasteiger partial charge >= 0.3 is 0 Å². The molecule has 2 rings (SSSR count). The number of rotatable bonds is 1. The molecule has 1 fully saturated rings. The van der Waals surface area contributed by atoms with E-state index < -0.39 is 0 Å². The van der Waals surface area contributed by atoms with Crippen molar-refractivity contribution in [2.45, 2.75) is 43.4 Å². The van der Waals surface area contributed by atoms with Gasteiger partial charge in [0.15, 0.2) is 0 Å². The number of hydrogen-bond donors (Lipinski definition) is 0. The van der Waals surface area contributed by atoms with Crippen LogP contribution in [0.3, 0.4) is 0 Å². The Kier molecular flexibility index (Phi) is 3.93. The maximum Gasteiger partial charge on any atom is 0.0408 e. The standard InChI is InChI=1S/C13H16Cl2/c14-11-6-4-5-10(9-11)12-7-2-1-3-8-13(12)15/h4-6,9,12-13H,1-3,7-8H2. The smallest absolute Gasteiger partial charge is 0.0408 e. The van der Waals surface area contributed by atoms with Gasteiger partial charge in [-0.2, -0.15) is 0 Å². The predicted octanol–water partition coefficient (Wildman–Crippen LogP) is 5.00. The van der Waals surface area contributed by atoms with Gasteiger partial charge in [0.05, 0.1) is 0 Å². The van der Waals surface area contributed by atoms with E-state index in [1.165, 1.54) is 31.2 Å². The van der Waals surface area contributed by atoms with E-state index in [0.29, 0.717) is 5.92 Å². The summed E-state index contributed by atoms with van der Waals surface area (Å²) in [6.45, 7) is 0. The molecule has 2 heteroatoms. The second kappa shape index (κ2) is 5.23. The molecule has 0 radical (unpaired) electrons. The van der Waals surface area contributed by atoms with Gasteiger partial charge in [0, 0.05) is 16.3 Å². The van der Waals surface area contributed by atoms with Crippen molar-refractivity contribution in [3.63, 3.8) is 0 Å². The lowest BCUT2D eigenvalue weighted by Crippen LogP contribution is -2.10. The van der Waals surface area contributed by atoms with Gasteiger partial charge in [-0.05, 0) is 30.5 Å². The zero-order chi connectivity index (χ0) is 10.7. The third kappa shape index (κ3) is 2.89. The average molecular weight is 243 g/mol. The molecule has 1 aliphatic rings. The summed E-state index contributed by atoms with van der Waals surface area (Å²) in [6, 6.07) is 8.15. The molecule has 0 amide bonds. The Bertz CT molecular complexity index is 322. The lowest BCUT2D eigenvalue weighted by molar-refractivity contribution is 0.600. The first-order valence-electron chi connectivity index (χ1n) is 5.67. The summed E-state index contributed by atoms with van der Waals surface area (Å²) in [6.07, 6.45) is 6.22. The Morgan fingerprint density at radius 3 is 2.67 bits per heavy atom. The van der Waals surface area contributed by atoms with Crippen molar-refractivity contribution in [3.05, 3.63) is 34.9 Å². The van der Waals surface area contributed by atoms with Crippen LogP contribution in [0.15, 0.2) is 24.3 Å². The molecule has 2 atom stereocenters. The van der Waals surface area contributed by atoms with Crippen LogP contribution in [0, 0.1) is 0 Å². The maximum absolute atomic E-state index is 6.43. The minimum absolute atomic E-state index is 0.283. The van der Waals surface area contributed by atoms with Crippen molar-refractivity contribution in [1.29, 1.82) is 0 Å². The molecular weight excluding hydrogens is 227 g/mol. The SMILES string of the molecule is Clc1cccc(C2CCCCCC2Cl)c1. The average Bonchev–Trinajstić information content (AvgIpc) is 2.43. The normalized spacial score (nSPS) is 27.3. The van der Waals surface area contributed by atoms with Crippen molar-refractivity contribution < 1.29 is 0 Å². The minimum Gasteiger partial charge on any atom is -0.122 e. The molecule has 2 unspecified atom stereocenters. The van der Waals surface area contributed by atoms with Gasteiger partial charge in [0.2, 0.25) is 0 Å². The van der Waals surface area contributed by atoms with Gasteiger partial charge in [0.1, 0.15) is 0 Å². The summed E-state index contributed by atoms with van der Waals surface area (Å²) in [5, 5.41) is 1.10. The number of benzene rings is 1. The van der Waals surface area contributed by atoms with Crippen LogP contribution in [-0.4, -0.2) is 5.38 Å². The van der Waals surface area contributed by atoms with E-state index in [0.717, 1.165) is 11.4 Å². The van der Waals surface area contributed by atoms with Crippen LogP contribution in [0.2, 0.25) is 5.02 Å². The van der Waals surface area contributed by atoms with Crippen LogP contribution in [-0.2, 0) is 0 Å². The highest BCUT2D eigenvalue weighted by Crippen LogP contribution is 2.35. The van der Waals surface area contributed by atoms with Crippen molar-refractivity contribution >= 4 is 23.2 Å². The Morgan fingerprint density at radius 2 is 1.87 bits per heavy atom. The number of alkyl halides is 1. The van der Waals surface area contributed by atoms with Crippen LogP contribution in [0.1, 0.15) is 43.6 Å². The van der Waals surface area contributed by atoms with E-state index in [-0.39, 0.29) is 5.38 Å². The lowest BCUT2D eigenvalue weighted by atomic mass is 9.91. The van der Waals surface area contributed by atoms with Crippen LogP contribution in [0.4, 0.5) is 0 Å². The molecule has 0 aliphatic heterocycles. The molecule has 0 spiro atoms. The summed E-state index contributed by atoms with van der Waals surface area (Å²) in [4.78, 5) is 0. The van der Waals surface area contributed by atoms with Crippen LogP contribution in [0.25, 0.3) is 0 Å². The molecule has 1 aliphatic carbocycles. The quantitative estimate of drug-likeness (QED) is 0.481. The second-order valence-corrected chi connectivity index (χ2v) is 5.31. The van der Waals surface area contributed by atoms with Crippen molar-refractivity contribution in [2.75, 3.05) is 0 Å². The fourth-order valence-electron chi connectivity index (χ4n) is 2.38. The fourth-order valence-corrected chi connectivity index (χ4v) is 3.00. The zero-order valence-electron chi connectivity index (χ0n) is 8.76. The highest BCUT2D eigenvalue weighted by atomic mass is 35.5. The lowest BCUT2D eigenvalue weighted by Gasteiger charge is -2.20. The van der Waals surface area contributed by atoms with Gasteiger partial charge in [-0.3, -0.25) is 0 Å². The van der Waals surface area contributed by atoms with Gasteiger partial charge in [-0.25, -0.2) is 0 Å². The largest absolute Gasteiger partial charge is 0.122 e. The van der Waals surface area contributed by atoms with E-state index >= 15 is 0 Å². The molecule has 0 nitrogen and oxygen atoms in total. The van der Waals surface area contributed by atoms with Crippen LogP contribution < -0.4 is 0 Å². The maximum atomic E-state index is 6.43. The second-order valence-electron chi connectivity index (χ2n) is 4.32. The third-order valence-electron chi connectivity index (χ3n) is 3.21. The first-order chi connectivity index (χ1) is 7.27. The van der Waals surface area contributed by atoms with E-state index in [9.17, 15) is 0 Å². The van der Waals surface area contributed by atoms with Crippen LogP contribution in [0.5, 0.6) is 0 Å². The molecular formula is C13H16Cl2. The molecule has 0 bridgehead atoms. The fraction of sp³-hybridized carbons (Fsp3) is 0.538. The monoisotopic (exact) mass is 242 g/mol. The molecule has 0 saturated heterocycles. The van der Waals surface area contributed by atoms with E-state index in [1.807, 2.05) is 12.1 Å². The summed E-state index contributed by atoms with van der Waals surface area (Å²) < 4.78 is 0. The van der Waals surface area contributed by atoms with Crippen molar-refractivity contribution in [3.8, 4) is 0 Å². The van der Waals surface area contributed by atoms with Gasteiger partial charge < -0.3 is 0 Å². The summed E-state index contributed by atoms with van der Waals surface area (Å²) in [5.74, 6) is 0.493. The Hall–Kier alpha value is -0.200. The van der Waals surface area contributed by atoms with Crippen molar-refractivity contribution in [1.82, 2.24) is 0 Å². The van der Waals surface area contributed by atoms with Crippen molar-refractivity contribution in [2.24, 2.45) is 0 Å². The first-order valence-corrected chi connectivity index (χ1v) is 6.48. The first kappa shape index (κ1) is 11.3. The topological polar surface area (TPSA) is 0 Å². The molecule has 0 N–H and O–H groups in total. The van der Waals surface area contributed by atoms with Crippen LogP contribution >= 0.6 is 23.2 Å². The van der Waals surface area contributed by atoms with E-state index in [4.69, 9.17) is 23.2 Å². The van der Waals surface area contributed by atoms with E-state index in [2.05, 4.69) is 12.1 Å². The highest BCUT2D eigenvalue weighted by Gasteiger charge is 2.23. The summed E-state index contributed by atoms with van der Waals surface area (Å²) in [7, 11) is 0. The van der Waals surface area contributed by atoms with Gasteiger partial charge in [0.25, 0.3) is 0 Å².